The Balaban J connectivity index is 2.70. The maximum absolute atomic E-state index is 9.63. The molecule has 1 unspecified atom stereocenters. The van der Waals surface area contributed by atoms with Crippen molar-refractivity contribution in [3.63, 3.8) is 0 Å². The number of rotatable bonds is 3. The van der Waals surface area contributed by atoms with E-state index in [2.05, 4.69) is 5.10 Å². The van der Waals surface area contributed by atoms with Crippen molar-refractivity contribution in [1.29, 1.82) is 0 Å². The van der Waals surface area contributed by atoms with Gasteiger partial charge in [0, 0.05) is 18.4 Å². The molecule has 1 aromatic heterocycles. The van der Waals surface area contributed by atoms with E-state index < -0.39 is 5.60 Å². The zero-order valence-electron chi connectivity index (χ0n) is 7.49. The monoisotopic (exact) mass is 169 g/mol. The maximum atomic E-state index is 9.63. The van der Waals surface area contributed by atoms with Crippen molar-refractivity contribution >= 4 is 0 Å². The van der Waals surface area contributed by atoms with Gasteiger partial charge in [-0.2, -0.15) is 5.10 Å². The predicted molar refractivity (Wildman–Crippen MR) is 46.6 cm³/mol. The number of nitrogens with zero attached hydrogens (tertiary/aromatic N) is 2. The van der Waals surface area contributed by atoms with Gasteiger partial charge in [0.25, 0.3) is 0 Å². The lowest BCUT2D eigenvalue weighted by Crippen LogP contribution is -2.39. The van der Waals surface area contributed by atoms with Crippen molar-refractivity contribution in [2.24, 2.45) is 5.73 Å². The normalized spacial score (nSPS) is 16.0. The van der Waals surface area contributed by atoms with Crippen LogP contribution in [0.1, 0.15) is 12.6 Å². The van der Waals surface area contributed by atoms with Gasteiger partial charge in [-0.1, -0.05) is 0 Å². The molecule has 0 radical (unpaired) electrons. The van der Waals surface area contributed by atoms with Crippen LogP contribution in [-0.2, 0) is 6.54 Å². The van der Waals surface area contributed by atoms with E-state index in [-0.39, 0.29) is 6.54 Å². The highest BCUT2D eigenvalue weighted by Gasteiger charge is 2.19. The quantitative estimate of drug-likeness (QED) is 0.664. The average molecular weight is 169 g/mol. The van der Waals surface area contributed by atoms with E-state index >= 15 is 0 Å². The van der Waals surface area contributed by atoms with Gasteiger partial charge in [0.2, 0.25) is 0 Å². The van der Waals surface area contributed by atoms with E-state index in [4.69, 9.17) is 5.73 Å². The minimum atomic E-state index is -0.864. The number of hydrogen-bond donors (Lipinski definition) is 2. The molecule has 12 heavy (non-hydrogen) atoms. The van der Waals surface area contributed by atoms with Crippen molar-refractivity contribution in [1.82, 2.24) is 9.78 Å². The van der Waals surface area contributed by atoms with Gasteiger partial charge < -0.3 is 10.8 Å². The Morgan fingerprint density at radius 3 is 2.83 bits per heavy atom. The molecule has 0 amide bonds. The average Bonchev–Trinajstić information content (AvgIpc) is 2.36. The Hall–Kier alpha value is -0.870. The summed E-state index contributed by atoms with van der Waals surface area (Å²) in [5.41, 5.74) is 5.55. The number of aromatic nitrogens is 2. The van der Waals surface area contributed by atoms with Gasteiger partial charge in [-0.25, -0.2) is 0 Å². The summed E-state index contributed by atoms with van der Waals surface area (Å²) in [6, 6.07) is 1.90. The second kappa shape index (κ2) is 3.25. The minimum absolute atomic E-state index is 0.242. The van der Waals surface area contributed by atoms with E-state index in [0.29, 0.717) is 6.54 Å². The van der Waals surface area contributed by atoms with E-state index in [0.717, 1.165) is 5.69 Å². The first-order chi connectivity index (χ1) is 5.55. The Bertz CT molecular complexity index is 255. The van der Waals surface area contributed by atoms with Crippen LogP contribution in [0.15, 0.2) is 12.3 Å². The van der Waals surface area contributed by atoms with Crippen molar-refractivity contribution in [3.05, 3.63) is 18.0 Å². The molecule has 0 fully saturated rings. The molecule has 0 saturated carbocycles. The van der Waals surface area contributed by atoms with Gasteiger partial charge in [0.05, 0.1) is 12.1 Å². The molecule has 1 aromatic rings. The second-order valence-electron chi connectivity index (χ2n) is 3.33. The third-order valence-electron chi connectivity index (χ3n) is 1.86. The van der Waals surface area contributed by atoms with Gasteiger partial charge in [-0.15, -0.1) is 0 Å². The highest BCUT2D eigenvalue weighted by molar-refractivity contribution is 4.97. The molecular formula is C8H15N3O. The van der Waals surface area contributed by atoms with E-state index in [1.807, 2.05) is 13.0 Å². The zero-order valence-corrected chi connectivity index (χ0v) is 7.49. The van der Waals surface area contributed by atoms with Crippen LogP contribution in [0, 0.1) is 6.92 Å². The first-order valence-corrected chi connectivity index (χ1v) is 3.96. The molecule has 0 bridgehead atoms. The van der Waals surface area contributed by atoms with E-state index in [1.165, 1.54) is 0 Å². The summed E-state index contributed by atoms with van der Waals surface area (Å²) in [5, 5.41) is 13.7. The molecule has 1 heterocycles. The second-order valence-corrected chi connectivity index (χ2v) is 3.33. The van der Waals surface area contributed by atoms with Crippen LogP contribution in [-0.4, -0.2) is 27.0 Å². The van der Waals surface area contributed by atoms with E-state index in [9.17, 15) is 5.11 Å². The molecule has 0 saturated heterocycles. The summed E-state index contributed by atoms with van der Waals surface area (Å²) in [7, 11) is 0. The van der Waals surface area contributed by atoms with Gasteiger partial charge in [0.15, 0.2) is 0 Å². The van der Waals surface area contributed by atoms with Crippen LogP contribution in [0.25, 0.3) is 0 Å². The highest BCUT2D eigenvalue weighted by atomic mass is 16.3. The molecule has 68 valence electrons. The van der Waals surface area contributed by atoms with Crippen molar-refractivity contribution < 1.29 is 5.11 Å². The van der Waals surface area contributed by atoms with Crippen LogP contribution in [0.5, 0.6) is 0 Å². The topological polar surface area (TPSA) is 64.1 Å². The fourth-order valence-electron chi connectivity index (χ4n) is 0.952. The number of nitrogens with two attached hydrogens (primary N) is 1. The van der Waals surface area contributed by atoms with E-state index in [1.54, 1.807) is 17.8 Å². The van der Waals surface area contributed by atoms with Crippen LogP contribution >= 0.6 is 0 Å². The lowest BCUT2D eigenvalue weighted by atomic mass is 10.1. The molecule has 4 nitrogen and oxygen atoms in total. The largest absolute Gasteiger partial charge is 0.387 e. The lowest BCUT2D eigenvalue weighted by molar-refractivity contribution is 0.0465. The first kappa shape index (κ1) is 9.22. The number of aryl methyl sites for hydroxylation is 1. The Morgan fingerprint density at radius 2 is 2.42 bits per heavy atom. The number of hydrogen-bond acceptors (Lipinski definition) is 3. The van der Waals surface area contributed by atoms with Crippen LogP contribution in [0.3, 0.4) is 0 Å². The van der Waals surface area contributed by atoms with Crippen LogP contribution < -0.4 is 5.73 Å². The zero-order chi connectivity index (χ0) is 9.19. The van der Waals surface area contributed by atoms with Gasteiger partial charge in [-0.05, 0) is 19.9 Å². The van der Waals surface area contributed by atoms with Gasteiger partial charge in [0.1, 0.15) is 0 Å². The lowest BCUT2D eigenvalue weighted by Gasteiger charge is -2.21. The fourth-order valence-corrected chi connectivity index (χ4v) is 0.952. The molecule has 1 rings (SSSR count). The Morgan fingerprint density at radius 1 is 1.75 bits per heavy atom. The summed E-state index contributed by atoms with van der Waals surface area (Å²) >= 11 is 0. The van der Waals surface area contributed by atoms with Crippen molar-refractivity contribution in [3.8, 4) is 0 Å². The smallest absolute Gasteiger partial charge is 0.0936 e. The SMILES string of the molecule is Cc1ccnn1CC(C)(O)CN. The van der Waals surface area contributed by atoms with Crippen molar-refractivity contribution in [2.45, 2.75) is 26.0 Å². The summed E-state index contributed by atoms with van der Waals surface area (Å²) in [5.74, 6) is 0. The molecule has 0 aromatic carbocycles. The predicted octanol–water partition coefficient (Wildman–Crippen LogP) is -0.0988. The molecule has 4 heteroatoms. The molecule has 1 atom stereocenters. The van der Waals surface area contributed by atoms with Gasteiger partial charge in [-0.3, -0.25) is 4.68 Å². The highest BCUT2D eigenvalue weighted by Crippen LogP contribution is 2.06. The summed E-state index contributed by atoms with van der Waals surface area (Å²) in [6.45, 7) is 4.34. The van der Waals surface area contributed by atoms with Gasteiger partial charge >= 0.3 is 0 Å². The molecular weight excluding hydrogens is 154 g/mol. The minimum Gasteiger partial charge on any atom is -0.387 e. The fraction of sp³-hybridized carbons (Fsp3) is 0.625. The number of aliphatic hydroxyl groups is 1. The standard InChI is InChI=1S/C8H15N3O/c1-7-3-4-10-11(7)6-8(2,12)5-9/h3-4,12H,5-6,9H2,1-2H3. The third-order valence-corrected chi connectivity index (χ3v) is 1.86. The first-order valence-electron chi connectivity index (χ1n) is 3.96. The maximum Gasteiger partial charge on any atom is 0.0936 e. The summed E-state index contributed by atoms with van der Waals surface area (Å²) in [6.07, 6.45) is 1.71. The molecule has 0 aliphatic heterocycles. The van der Waals surface area contributed by atoms with Crippen LogP contribution in [0.4, 0.5) is 0 Å². The Kier molecular flexibility index (Phi) is 2.49. The van der Waals surface area contributed by atoms with Crippen LogP contribution in [0.2, 0.25) is 0 Å². The summed E-state index contributed by atoms with van der Waals surface area (Å²) < 4.78 is 1.74. The molecule has 0 aliphatic carbocycles. The summed E-state index contributed by atoms with van der Waals surface area (Å²) in [4.78, 5) is 0. The molecule has 0 spiro atoms. The Labute approximate surface area is 72.0 Å². The van der Waals surface area contributed by atoms with Crippen molar-refractivity contribution in [2.75, 3.05) is 6.54 Å². The molecule has 0 aliphatic rings. The third kappa shape index (κ3) is 2.06. The molecule has 3 N–H and O–H groups in total.